The van der Waals surface area contributed by atoms with Crippen LogP contribution in [0.4, 0.5) is 4.79 Å². The number of fused-ring (bicyclic) bond motifs is 5. The minimum absolute atomic E-state index is 0.223. The Labute approximate surface area is 77.2 Å². The molecule has 0 spiro atoms. The lowest BCUT2D eigenvalue weighted by molar-refractivity contribution is 0.238. The molecule has 0 aromatic carbocycles. The molecule has 4 N–H and O–H groups in total. The summed E-state index contributed by atoms with van der Waals surface area (Å²) in [5.74, 6) is 8.40. The number of amides is 2. The molecule has 13 heavy (non-hydrogen) atoms. The highest BCUT2D eigenvalue weighted by Gasteiger charge is 2.65. The summed E-state index contributed by atoms with van der Waals surface area (Å²) in [5, 5.41) is 2.93. The standard InChI is InChI=1S/C9H15N3O/c10-12-9(13)11-8-6-4-1-2-5(3-4)7(6)8/h4-8H,1-3,10H2,(H2,11,12,13). The topological polar surface area (TPSA) is 67.1 Å². The Morgan fingerprint density at radius 2 is 1.85 bits per heavy atom. The van der Waals surface area contributed by atoms with Crippen LogP contribution in [0.2, 0.25) is 0 Å². The lowest BCUT2D eigenvalue weighted by Crippen LogP contribution is -2.42. The zero-order valence-corrected chi connectivity index (χ0v) is 7.49. The number of hydrogen-bond donors (Lipinski definition) is 3. The first-order valence-electron chi connectivity index (χ1n) is 5.08. The Hall–Kier alpha value is -0.770. The Balaban J connectivity index is 1.64. The zero-order valence-electron chi connectivity index (χ0n) is 7.49. The molecule has 0 aliphatic heterocycles. The number of urea groups is 1. The van der Waals surface area contributed by atoms with Crippen LogP contribution in [-0.2, 0) is 0 Å². The first-order chi connectivity index (χ1) is 6.31. The van der Waals surface area contributed by atoms with E-state index in [1.807, 2.05) is 0 Å². The molecule has 0 radical (unpaired) electrons. The van der Waals surface area contributed by atoms with Crippen molar-refractivity contribution in [2.24, 2.45) is 29.5 Å². The van der Waals surface area contributed by atoms with Crippen molar-refractivity contribution in [1.82, 2.24) is 10.7 Å². The molecule has 72 valence electrons. The molecule has 0 heterocycles. The molecule has 3 rings (SSSR count). The average molecular weight is 181 g/mol. The van der Waals surface area contributed by atoms with Crippen LogP contribution in [0, 0.1) is 23.7 Å². The lowest BCUT2D eigenvalue weighted by Gasteiger charge is -2.09. The van der Waals surface area contributed by atoms with Crippen molar-refractivity contribution >= 4 is 6.03 Å². The van der Waals surface area contributed by atoms with Gasteiger partial charge >= 0.3 is 6.03 Å². The third-order valence-electron chi connectivity index (χ3n) is 4.16. The quantitative estimate of drug-likeness (QED) is 0.307. The zero-order chi connectivity index (χ0) is 9.00. The van der Waals surface area contributed by atoms with E-state index in [0.29, 0.717) is 6.04 Å². The number of hydrogen-bond acceptors (Lipinski definition) is 2. The largest absolute Gasteiger partial charge is 0.334 e. The van der Waals surface area contributed by atoms with Gasteiger partial charge in [-0.2, -0.15) is 0 Å². The van der Waals surface area contributed by atoms with Gasteiger partial charge in [-0.15, -0.1) is 0 Å². The van der Waals surface area contributed by atoms with Gasteiger partial charge in [-0.3, -0.25) is 5.43 Å². The van der Waals surface area contributed by atoms with Crippen LogP contribution < -0.4 is 16.6 Å². The van der Waals surface area contributed by atoms with E-state index in [1.54, 1.807) is 0 Å². The van der Waals surface area contributed by atoms with Gasteiger partial charge in [-0.05, 0) is 42.9 Å². The van der Waals surface area contributed by atoms with Crippen molar-refractivity contribution in [2.75, 3.05) is 0 Å². The fraction of sp³-hybridized carbons (Fsp3) is 0.889. The van der Waals surface area contributed by atoms with Gasteiger partial charge in [0.25, 0.3) is 0 Å². The van der Waals surface area contributed by atoms with E-state index in [1.165, 1.54) is 19.3 Å². The van der Waals surface area contributed by atoms with Crippen LogP contribution in [0.1, 0.15) is 19.3 Å². The van der Waals surface area contributed by atoms with Gasteiger partial charge in [0.2, 0.25) is 0 Å². The molecule has 4 unspecified atom stereocenters. The second-order valence-corrected chi connectivity index (χ2v) is 4.63. The summed E-state index contributed by atoms with van der Waals surface area (Å²) >= 11 is 0. The number of nitrogens with one attached hydrogen (secondary N) is 2. The number of hydrazine groups is 1. The molecule has 0 aromatic heterocycles. The maximum atomic E-state index is 11.0. The van der Waals surface area contributed by atoms with E-state index in [-0.39, 0.29) is 6.03 Å². The Morgan fingerprint density at radius 3 is 2.38 bits per heavy atom. The normalized spacial score (nSPS) is 50.1. The van der Waals surface area contributed by atoms with Crippen LogP contribution in [0.25, 0.3) is 0 Å². The predicted molar refractivity (Wildman–Crippen MR) is 47.5 cm³/mol. The summed E-state index contributed by atoms with van der Waals surface area (Å²) in [6.07, 6.45) is 4.18. The highest BCUT2D eigenvalue weighted by Crippen LogP contribution is 2.65. The molecule has 0 saturated heterocycles. The van der Waals surface area contributed by atoms with E-state index in [4.69, 9.17) is 5.84 Å². The number of carbonyl (C=O) groups is 1. The molecular weight excluding hydrogens is 166 g/mol. The third kappa shape index (κ3) is 0.921. The van der Waals surface area contributed by atoms with E-state index < -0.39 is 0 Å². The maximum Gasteiger partial charge on any atom is 0.329 e. The van der Waals surface area contributed by atoms with Gasteiger partial charge < -0.3 is 5.32 Å². The molecule has 3 aliphatic rings. The fourth-order valence-corrected chi connectivity index (χ4v) is 3.71. The molecule has 0 aromatic rings. The van der Waals surface area contributed by atoms with Gasteiger partial charge in [-0.25, -0.2) is 10.6 Å². The second kappa shape index (κ2) is 2.38. The summed E-state index contributed by atoms with van der Waals surface area (Å²) < 4.78 is 0. The fourth-order valence-electron chi connectivity index (χ4n) is 3.71. The van der Waals surface area contributed by atoms with Gasteiger partial charge in [0.05, 0.1) is 0 Å². The molecule has 2 bridgehead atoms. The highest BCUT2D eigenvalue weighted by molar-refractivity contribution is 5.74. The minimum atomic E-state index is -0.223. The number of carbonyl (C=O) groups excluding carboxylic acids is 1. The van der Waals surface area contributed by atoms with Gasteiger partial charge in [0.1, 0.15) is 0 Å². The van der Waals surface area contributed by atoms with E-state index in [9.17, 15) is 4.79 Å². The smallest absolute Gasteiger partial charge is 0.329 e. The van der Waals surface area contributed by atoms with Crippen molar-refractivity contribution < 1.29 is 4.79 Å². The molecule has 3 saturated carbocycles. The van der Waals surface area contributed by atoms with Crippen LogP contribution in [-0.4, -0.2) is 12.1 Å². The average Bonchev–Trinajstić information content (AvgIpc) is 2.60. The summed E-state index contributed by atoms with van der Waals surface area (Å²) in [7, 11) is 0. The number of nitrogens with two attached hydrogens (primary N) is 1. The predicted octanol–water partition coefficient (Wildman–Crippen LogP) is 0.204. The summed E-state index contributed by atoms with van der Waals surface area (Å²) in [6, 6.07) is 0.216. The van der Waals surface area contributed by atoms with Crippen LogP contribution in [0.3, 0.4) is 0 Å². The maximum absolute atomic E-state index is 11.0. The van der Waals surface area contributed by atoms with Crippen molar-refractivity contribution in [1.29, 1.82) is 0 Å². The van der Waals surface area contributed by atoms with Crippen LogP contribution in [0.15, 0.2) is 0 Å². The second-order valence-electron chi connectivity index (χ2n) is 4.63. The molecule has 4 heteroatoms. The van der Waals surface area contributed by atoms with Gasteiger partial charge in [-0.1, -0.05) is 0 Å². The summed E-state index contributed by atoms with van der Waals surface area (Å²) in [5.41, 5.74) is 2.13. The first-order valence-corrected chi connectivity index (χ1v) is 5.08. The Bertz CT molecular complexity index is 239. The molecular formula is C9H15N3O. The van der Waals surface area contributed by atoms with Crippen LogP contribution in [0.5, 0.6) is 0 Å². The first kappa shape index (κ1) is 7.62. The summed E-state index contributed by atoms with van der Waals surface area (Å²) in [6.45, 7) is 0. The minimum Gasteiger partial charge on any atom is -0.334 e. The van der Waals surface area contributed by atoms with E-state index >= 15 is 0 Å². The van der Waals surface area contributed by atoms with Crippen molar-refractivity contribution in [3.05, 3.63) is 0 Å². The summed E-state index contributed by atoms with van der Waals surface area (Å²) in [4.78, 5) is 11.0. The van der Waals surface area contributed by atoms with Crippen LogP contribution >= 0.6 is 0 Å². The molecule has 4 atom stereocenters. The van der Waals surface area contributed by atoms with Crippen molar-refractivity contribution in [2.45, 2.75) is 25.3 Å². The van der Waals surface area contributed by atoms with Gasteiger partial charge in [0.15, 0.2) is 0 Å². The number of rotatable bonds is 1. The van der Waals surface area contributed by atoms with Gasteiger partial charge in [0, 0.05) is 6.04 Å². The molecule has 4 nitrogen and oxygen atoms in total. The highest BCUT2D eigenvalue weighted by atomic mass is 16.2. The van der Waals surface area contributed by atoms with E-state index in [0.717, 1.165) is 23.7 Å². The lowest BCUT2D eigenvalue weighted by atomic mass is 10.0. The molecule has 3 aliphatic carbocycles. The molecule has 2 amide bonds. The SMILES string of the molecule is NNC(=O)NC1C2C3CCC(C3)C12. The third-order valence-corrected chi connectivity index (χ3v) is 4.16. The van der Waals surface area contributed by atoms with E-state index in [2.05, 4.69) is 10.7 Å². The molecule has 3 fully saturated rings. The Morgan fingerprint density at radius 1 is 1.23 bits per heavy atom. The van der Waals surface area contributed by atoms with Crippen molar-refractivity contribution in [3.8, 4) is 0 Å². The monoisotopic (exact) mass is 181 g/mol. The Kier molecular flexibility index (Phi) is 1.39. The van der Waals surface area contributed by atoms with Crippen molar-refractivity contribution in [3.63, 3.8) is 0 Å².